The molecule has 2 aromatic rings. The fraction of sp³-hybridized carbons (Fsp3) is 0.524. The lowest BCUT2D eigenvalue weighted by Gasteiger charge is -2.40. The summed E-state index contributed by atoms with van der Waals surface area (Å²) in [5, 5.41) is 4.74. The Morgan fingerprint density at radius 2 is 2.03 bits per heavy atom. The molecule has 2 aliphatic heterocycles. The fourth-order valence-corrected chi connectivity index (χ4v) is 5.30. The Morgan fingerprint density at radius 1 is 1.27 bits per heavy atom. The zero-order chi connectivity index (χ0) is 21.3. The first-order chi connectivity index (χ1) is 14.5. The molecule has 160 valence electrons. The normalized spacial score (nSPS) is 20.3. The van der Waals surface area contributed by atoms with Crippen molar-refractivity contribution in [2.45, 2.75) is 43.6 Å². The average molecular weight is 430 g/mol. The van der Waals surface area contributed by atoms with E-state index in [9.17, 15) is 9.59 Å². The first-order valence-corrected chi connectivity index (χ1v) is 11.3. The van der Waals surface area contributed by atoms with Crippen LogP contribution < -0.4 is 0 Å². The van der Waals surface area contributed by atoms with E-state index in [0.29, 0.717) is 50.2 Å². The van der Waals surface area contributed by atoms with Gasteiger partial charge >= 0.3 is 6.09 Å². The van der Waals surface area contributed by atoms with Crippen LogP contribution in [0.25, 0.3) is 0 Å². The summed E-state index contributed by atoms with van der Waals surface area (Å²) in [5.74, 6) is 0.668. The van der Waals surface area contributed by atoms with Crippen LogP contribution in [0.2, 0.25) is 0 Å². The van der Waals surface area contributed by atoms with Crippen molar-refractivity contribution in [1.82, 2.24) is 24.6 Å². The molecule has 0 saturated carbocycles. The van der Waals surface area contributed by atoms with Crippen LogP contribution in [0.15, 0.2) is 29.4 Å². The summed E-state index contributed by atoms with van der Waals surface area (Å²) in [4.78, 5) is 33.9. The van der Waals surface area contributed by atoms with Crippen molar-refractivity contribution < 1.29 is 14.3 Å². The SMILES string of the molecule is CCOC(=O)N1CCN(C(c2cccc(C)c2)C2Sc3nc(CC)nn3C2=O)CC1. The zero-order valence-electron chi connectivity index (χ0n) is 17.6. The average Bonchev–Trinajstić information content (AvgIpc) is 3.28. The molecule has 0 spiro atoms. The highest BCUT2D eigenvalue weighted by Gasteiger charge is 2.43. The molecule has 0 N–H and O–H groups in total. The van der Waals surface area contributed by atoms with Crippen LogP contribution in [-0.2, 0) is 11.2 Å². The monoisotopic (exact) mass is 429 g/mol. The number of hydrogen-bond donors (Lipinski definition) is 0. The van der Waals surface area contributed by atoms with Gasteiger partial charge in [0.05, 0.1) is 12.6 Å². The molecule has 1 saturated heterocycles. The number of fused-ring (bicyclic) bond motifs is 1. The van der Waals surface area contributed by atoms with Gasteiger partial charge in [-0.2, -0.15) is 4.68 Å². The summed E-state index contributed by atoms with van der Waals surface area (Å²) in [6, 6.07) is 8.20. The van der Waals surface area contributed by atoms with Crippen LogP contribution in [0.1, 0.15) is 41.6 Å². The van der Waals surface area contributed by atoms with E-state index in [2.05, 4.69) is 40.1 Å². The van der Waals surface area contributed by atoms with E-state index in [4.69, 9.17) is 4.74 Å². The highest BCUT2D eigenvalue weighted by molar-refractivity contribution is 8.00. The molecule has 1 amide bonds. The minimum atomic E-state index is -0.318. The van der Waals surface area contributed by atoms with Crippen LogP contribution in [-0.4, -0.2) is 74.6 Å². The zero-order valence-corrected chi connectivity index (χ0v) is 18.4. The number of thioether (sulfide) groups is 1. The molecule has 1 fully saturated rings. The standard InChI is InChI=1S/C21H27N5O3S/c1-4-16-22-20-26(23-16)19(27)18(30-20)17(15-8-6-7-14(3)13-15)24-9-11-25(12-10-24)21(28)29-5-2/h6-8,13,17-18H,4-5,9-12H2,1-3H3. The van der Waals surface area contributed by atoms with Gasteiger partial charge in [0.15, 0.2) is 11.0 Å². The van der Waals surface area contributed by atoms with Crippen molar-refractivity contribution in [2.24, 2.45) is 0 Å². The number of hydrogen-bond acceptors (Lipinski definition) is 7. The quantitative estimate of drug-likeness (QED) is 0.723. The molecule has 0 bridgehead atoms. The molecule has 0 aliphatic carbocycles. The van der Waals surface area contributed by atoms with Crippen LogP contribution in [0.5, 0.6) is 0 Å². The van der Waals surface area contributed by atoms with E-state index in [0.717, 1.165) is 11.1 Å². The number of rotatable bonds is 5. The molecule has 9 heteroatoms. The van der Waals surface area contributed by atoms with E-state index >= 15 is 0 Å². The number of aryl methyl sites for hydroxylation is 2. The topological polar surface area (TPSA) is 80.6 Å². The van der Waals surface area contributed by atoms with Crippen LogP contribution >= 0.6 is 11.8 Å². The molecule has 2 unspecified atom stereocenters. The summed E-state index contributed by atoms with van der Waals surface area (Å²) in [5.41, 5.74) is 2.26. The van der Waals surface area contributed by atoms with Gasteiger partial charge < -0.3 is 9.64 Å². The number of benzene rings is 1. The summed E-state index contributed by atoms with van der Waals surface area (Å²) < 4.78 is 6.60. The number of amides is 1. The molecule has 2 aliphatic rings. The minimum Gasteiger partial charge on any atom is -0.450 e. The molecule has 4 rings (SSSR count). The van der Waals surface area contributed by atoms with Crippen molar-refractivity contribution in [1.29, 1.82) is 0 Å². The van der Waals surface area contributed by atoms with Gasteiger partial charge in [0.2, 0.25) is 0 Å². The lowest BCUT2D eigenvalue weighted by atomic mass is 9.98. The van der Waals surface area contributed by atoms with Crippen molar-refractivity contribution in [3.05, 3.63) is 41.2 Å². The number of ether oxygens (including phenoxy) is 1. The second kappa shape index (κ2) is 8.77. The van der Waals surface area contributed by atoms with Crippen LogP contribution in [0.3, 0.4) is 0 Å². The van der Waals surface area contributed by atoms with E-state index in [-0.39, 0.29) is 23.3 Å². The lowest BCUT2D eigenvalue weighted by molar-refractivity contribution is 0.0600. The maximum atomic E-state index is 13.3. The Hall–Kier alpha value is -2.39. The Morgan fingerprint density at radius 3 is 2.67 bits per heavy atom. The van der Waals surface area contributed by atoms with Crippen molar-refractivity contribution in [2.75, 3.05) is 32.8 Å². The highest BCUT2D eigenvalue weighted by Crippen LogP contribution is 2.41. The summed E-state index contributed by atoms with van der Waals surface area (Å²) in [6.45, 7) is 8.74. The largest absolute Gasteiger partial charge is 0.450 e. The molecule has 1 aromatic carbocycles. The molecule has 3 heterocycles. The van der Waals surface area contributed by atoms with Crippen LogP contribution in [0.4, 0.5) is 4.79 Å². The maximum absolute atomic E-state index is 13.3. The number of aromatic nitrogens is 3. The van der Waals surface area contributed by atoms with Crippen molar-refractivity contribution in [3.8, 4) is 0 Å². The van der Waals surface area contributed by atoms with E-state index in [1.807, 2.05) is 19.9 Å². The second-order valence-corrected chi connectivity index (χ2v) is 8.64. The third-order valence-corrected chi connectivity index (χ3v) is 6.71. The third-order valence-electron chi connectivity index (χ3n) is 5.53. The van der Waals surface area contributed by atoms with Gasteiger partial charge in [-0.05, 0) is 19.4 Å². The van der Waals surface area contributed by atoms with Crippen molar-refractivity contribution >= 4 is 23.8 Å². The van der Waals surface area contributed by atoms with Crippen molar-refractivity contribution in [3.63, 3.8) is 0 Å². The van der Waals surface area contributed by atoms with E-state index in [1.54, 1.807) is 4.90 Å². The van der Waals surface area contributed by atoms with E-state index in [1.165, 1.54) is 16.4 Å². The summed E-state index contributed by atoms with van der Waals surface area (Å²) in [6.07, 6.45) is 0.433. The number of carbonyl (C=O) groups is 2. The molecule has 2 atom stereocenters. The number of nitrogens with zero attached hydrogens (tertiary/aromatic N) is 5. The first-order valence-electron chi connectivity index (χ1n) is 10.4. The molecule has 0 radical (unpaired) electrons. The predicted molar refractivity (Wildman–Crippen MR) is 114 cm³/mol. The molecule has 30 heavy (non-hydrogen) atoms. The fourth-order valence-electron chi connectivity index (χ4n) is 4.02. The van der Waals surface area contributed by atoms with Gasteiger partial charge in [-0.25, -0.2) is 9.78 Å². The Labute approximate surface area is 180 Å². The minimum absolute atomic E-state index is 0.0264. The Kier molecular flexibility index (Phi) is 6.10. The summed E-state index contributed by atoms with van der Waals surface area (Å²) >= 11 is 1.49. The number of carbonyl (C=O) groups excluding carboxylic acids is 2. The smallest absolute Gasteiger partial charge is 0.409 e. The van der Waals surface area contributed by atoms with Gasteiger partial charge in [0.1, 0.15) is 5.25 Å². The highest BCUT2D eigenvalue weighted by atomic mass is 32.2. The second-order valence-electron chi connectivity index (χ2n) is 7.53. The van der Waals surface area contributed by atoms with Gasteiger partial charge in [-0.15, -0.1) is 5.10 Å². The predicted octanol–water partition coefficient (Wildman–Crippen LogP) is 2.78. The molecular formula is C21H27N5O3S. The summed E-state index contributed by atoms with van der Waals surface area (Å²) in [7, 11) is 0. The molecular weight excluding hydrogens is 402 g/mol. The van der Waals surface area contributed by atoms with Gasteiger partial charge in [0.25, 0.3) is 5.91 Å². The van der Waals surface area contributed by atoms with Gasteiger partial charge in [0, 0.05) is 32.6 Å². The Balaban J connectivity index is 1.58. The van der Waals surface area contributed by atoms with E-state index < -0.39 is 0 Å². The first kappa shape index (κ1) is 20.9. The Bertz CT molecular complexity index is 938. The van der Waals surface area contributed by atoms with Gasteiger partial charge in [-0.3, -0.25) is 9.69 Å². The lowest BCUT2D eigenvalue weighted by Crippen LogP contribution is -2.52. The number of piperazine rings is 1. The molecule has 8 nitrogen and oxygen atoms in total. The van der Waals surface area contributed by atoms with Gasteiger partial charge in [-0.1, -0.05) is 48.5 Å². The molecule has 1 aromatic heterocycles. The maximum Gasteiger partial charge on any atom is 0.409 e. The third kappa shape index (κ3) is 3.96. The van der Waals surface area contributed by atoms with Crippen LogP contribution in [0, 0.1) is 6.92 Å².